The van der Waals surface area contributed by atoms with Crippen LogP contribution < -0.4 is 0 Å². The van der Waals surface area contributed by atoms with Crippen molar-refractivity contribution in [3.05, 3.63) is 36.5 Å². The second kappa shape index (κ2) is 32.8. The predicted molar refractivity (Wildman–Crippen MR) is 141 cm³/mol. The number of allylic oxidation sites excluding steroid dienone is 6. The lowest BCUT2D eigenvalue weighted by Crippen LogP contribution is -2.00. The zero-order chi connectivity index (χ0) is 26.3. The molecule has 0 aromatic carbocycles. The van der Waals surface area contributed by atoms with E-state index in [0.29, 0.717) is 6.42 Å². The molecular formula is C28H50O6. The monoisotopic (exact) mass is 482 g/mol. The van der Waals surface area contributed by atoms with Crippen LogP contribution >= 0.6 is 0 Å². The average molecular weight is 483 g/mol. The molecule has 0 aliphatic heterocycles. The van der Waals surface area contributed by atoms with Gasteiger partial charge in [0.15, 0.2) is 0 Å². The third-order valence-electron chi connectivity index (χ3n) is 4.55. The smallest absolute Gasteiger partial charge is 0.303 e. The highest BCUT2D eigenvalue weighted by Crippen LogP contribution is 2.07. The third kappa shape index (κ3) is 47.4. The summed E-state index contributed by atoms with van der Waals surface area (Å²) in [5.74, 6) is -2.83. The van der Waals surface area contributed by atoms with Gasteiger partial charge < -0.3 is 15.3 Å². The summed E-state index contributed by atoms with van der Waals surface area (Å²) in [5.41, 5.74) is 0. The molecule has 0 aliphatic carbocycles. The number of hydrogen-bond donors (Lipinski definition) is 3. The van der Waals surface area contributed by atoms with Crippen molar-refractivity contribution < 1.29 is 29.7 Å². The van der Waals surface area contributed by atoms with E-state index in [0.717, 1.165) is 44.9 Å². The molecule has 0 aromatic rings. The van der Waals surface area contributed by atoms with Crippen molar-refractivity contribution in [1.82, 2.24) is 0 Å². The molecule has 0 rings (SSSR count). The third-order valence-corrected chi connectivity index (χ3v) is 4.55. The van der Waals surface area contributed by atoms with Crippen molar-refractivity contribution in [1.29, 1.82) is 0 Å². The lowest BCUT2D eigenvalue weighted by atomic mass is 10.1. The van der Waals surface area contributed by atoms with Crippen LogP contribution in [0.1, 0.15) is 124 Å². The minimum atomic E-state index is -1.08. The van der Waals surface area contributed by atoms with Crippen LogP contribution in [-0.4, -0.2) is 33.2 Å². The highest BCUT2D eigenvalue weighted by molar-refractivity contribution is 5.75. The topological polar surface area (TPSA) is 112 Å². The molecule has 0 amide bonds. The molecule has 0 bridgehead atoms. The summed E-state index contributed by atoms with van der Waals surface area (Å²) < 4.78 is 0. The first-order valence-corrected chi connectivity index (χ1v) is 12.9. The molecule has 6 heteroatoms. The van der Waals surface area contributed by atoms with Gasteiger partial charge in [-0.3, -0.25) is 14.4 Å². The summed E-state index contributed by atoms with van der Waals surface area (Å²) in [6.45, 7) is 6.61. The van der Waals surface area contributed by atoms with Crippen LogP contribution in [0.5, 0.6) is 0 Å². The average Bonchev–Trinajstić information content (AvgIpc) is 2.79. The van der Waals surface area contributed by atoms with Crippen LogP contribution in [0.2, 0.25) is 0 Å². The van der Waals surface area contributed by atoms with E-state index in [1.807, 2.05) is 0 Å². The molecule has 34 heavy (non-hydrogen) atoms. The van der Waals surface area contributed by atoms with Crippen molar-refractivity contribution in [2.75, 3.05) is 0 Å². The van der Waals surface area contributed by atoms with Gasteiger partial charge in [0.05, 0.1) is 12.8 Å². The first-order chi connectivity index (χ1) is 16.3. The molecular weight excluding hydrogens is 432 g/mol. The summed E-state index contributed by atoms with van der Waals surface area (Å²) in [7, 11) is 0. The molecule has 0 spiro atoms. The number of unbranched alkanes of at least 4 members (excludes halogenated alkanes) is 8. The molecule has 3 N–H and O–H groups in total. The highest BCUT2D eigenvalue weighted by Gasteiger charge is 2.00. The zero-order valence-corrected chi connectivity index (χ0v) is 21.8. The normalized spacial score (nSPS) is 10.7. The van der Waals surface area contributed by atoms with Crippen molar-refractivity contribution in [2.45, 2.75) is 124 Å². The standard InChI is InChI=1S/C18H30O2.C6H14.C4H6O4/c1-2-3-4-5-6-7-8-9-10-11-12-13-14-15-16-17-18(19)20;1-3-5-6-4-2;5-3(6)1-2-4(7)8/h3-4,6-7,9-10H,2,5,8,11-17H2,1H3,(H,19,20);3-6H2,1-2H3;1-2H2,(H,5,6)(H,7,8)/b4-3-,7-6-,10-9-;;. The van der Waals surface area contributed by atoms with Crippen LogP contribution in [0.25, 0.3) is 0 Å². The minimum absolute atomic E-state index is 0.296. The van der Waals surface area contributed by atoms with Crippen molar-refractivity contribution in [3.8, 4) is 0 Å². The summed E-state index contributed by atoms with van der Waals surface area (Å²) in [5, 5.41) is 24.3. The maximum atomic E-state index is 10.3. The Hall–Kier alpha value is -2.37. The minimum Gasteiger partial charge on any atom is -0.481 e. The van der Waals surface area contributed by atoms with Gasteiger partial charge in [0, 0.05) is 6.42 Å². The Morgan fingerprint density at radius 2 is 0.912 bits per heavy atom. The van der Waals surface area contributed by atoms with Gasteiger partial charge in [-0.1, -0.05) is 102 Å². The predicted octanol–water partition coefficient (Wildman–Crippen LogP) is 8.18. The van der Waals surface area contributed by atoms with Crippen LogP contribution in [0, 0.1) is 0 Å². The Balaban J connectivity index is -0.000000560. The van der Waals surface area contributed by atoms with E-state index in [4.69, 9.17) is 15.3 Å². The van der Waals surface area contributed by atoms with Gasteiger partial charge in [0.25, 0.3) is 0 Å². The lowest BCUT2D eigenvalue weighted by molar-refractivity contribution is -0.143. The van der Waals surface area contributed by atoms with Gasteiger partial charge >= 0.3 is 17.9 Å². The zero-order valence-electron chi connectivity index (χ0n) is 21.8. The second-order valence-electron chi connectivity index (χ2n) is 7.99. The fourth-order valence-electron chi connectivity index (χ4n) is 2.61. The first kappa shape index (κ1) is 36.2. The summed E-state index contributed by atoms with van der Waals surface area (Å²) >= 11 is 0. The van der Waals surface area contributed by atoms with Crippen LogP contribution in [0.4, 0.5) is 0 Å². The number of aliphatic carboxylic acids is 3. The Kier molecular flexibility index (Phi) is 34.9. The van der Waals surface area contributed by atoms with Crippen LogP contribution in [0.3, 0.4) is 0 Å². The number of carboxylic acids is 3. The van der Waals surface area contributed by atoms with Crippen LogP contribution in [-0.2, 0) is 14.4 Å². The van der Waals surface area contributed by atoms with Gasteiger partial charge in [-0.05, 0) is 38.5 Å². The Morgan fingerprint density at radius 3 is 1.35 bits per heavy atom. The van der Waals surface area contributed by atoms with E-state index in [1.54, 1.807) is 0 Å². The molecule has 0 aliphatic rings. The Morgan fingerprint density at radius 1 is 0.500 bits per heavy atom. The quantitative estimate of drug-likeness (QED) is 0.126. The van der Waals surface area contributed by atoms with Crippen LogP contribution in [0.15, 0.2) is 36.5 Å². The second-order valence-corrected chi connectivity index (χ2v) is 7.99. The van der Waals surface area contributed by atoms with E-state index < -0.39 is 17.9 Å². The lowest BCUT2D eigenvalue weighted by Gasteiger charge is -1.98. The van der Waals surface area contributed by atoms with E-state index in [2.05, 4.69) is 57.2 Å². The summed E-state index contributed by atoms with van der Waals surface area (Å²) in [4.78, 5) is 29.6. The maximum Gasteiger partial charge on any atom is 0.303 e. The molecule has 198 valence electrons. The Bertz CT molecular complexity index is 531. The number of rotatable bonds is 19. The highest BCUT2D eigenvalue weighted by atomic mass is 16.4. The molecule has 0 radical (unpaired) electrons. The molecule has 0 fully saturated rings. The Labute approximate surface area is 207 Å². The summed E-state index contributed by atoms with van der Waals surface area (Å²) in [6, 6.07) is 0. The fraction of sp³-hybridized carbons (Fsp3) is 0.679. The van der Waals surface area contributed by atoms with Gasteiger partial charge in [-0.2, -0.15) is 0 Å². The molecule has 0 saturated carbocycles. The molecule has 6 nitrogen and oxygen atoms in total. The largest absolute Gasteiger partial charge is 0.481 e. The fourth-order valence-corrected chi connectivity index (χ4v) is 2.61. The van der Waals surface area contributed by atoms with Crippen molar-refractivity contribution >= 4 is 17.9 Å². The van der Waals surface area contributed by atoms with Gasteiger partial charge in [0.1, 0.15) is 0 Å². The SMILES string of the molecule is CC/C=C\C/C=C\C/C=C\CCCCCCCC(=O)O.CCCCCC.O=C(O)CCC(=O)O. The number of carbonyl (C=O) groups is 3. The van der Waals surface area contributed by atoms with Crippen molar-refractivity contribution in [3.63, 3.8) is 0 Å². The first-order valence-electron chi connectivity index (χ1n) is 12.9. The maximum absolute atomic E-state index is 10.3. The van der Waals surface area contributed by atoms with E-state index >= 15 is 0 Å². The molecule has 0 saturated heterocycles. The molecule has 0 heterocycles. The van der Waals surface area contributed by atoms with Gasteiger partial charge in [0.2, 0.25) is 0 Å². The van der Waals surface area contributed by atoms with E-state index in [9.17, 15) is 14.4 Å². The van der Waals surface area contributed by atoms with Gasteiger partial charge in [-0.15, -0.1) is 0 Å². The van der Waals surface area contributed by atoms with Gasteiger partial charge in [-0.25, -0.2) is 0 Å². The molecule has 0 aromatic heterocycles. The van der Waals surface area contributed by atoms with E-state index in [-0.39, 0.29) is 12.8 Å². The number of hydrogen-bond acceptors (Lipinski definition) is 3. The van der Waals surface area contributed by atoms with E-state index in [1.165, 1.54) is 38.5 Å². The molecule has 0 atom stereocenters. The van der Waals surface area contributed by atoms with Crippen molar-refractivity contribution in [2.24, 2.45) is 0 Å². The number of carboxylic acid groups (broad SMARTS) is 3. The molecule has 0 unspecified atom stereocenters. The summed E-state index contributed by atoms with van der Waals surface area (Å²) in [6.07, 6.45) is 28.3.